The van der Waals surface area contributed by atoms with E-state index in [9.17, 15) is 5.26 Å². The molecule has 0 radical (unpaired) electrons. The van der Waals surface area contributed by atoms with Crippen LogP contribution in [0.25, 0.3) is 10.8 Å². The number of hydrogen-bond acceptors (Lipinski definition) is 2. The fourth-order valence-corrected chi connectivity index (χ4v) is 3.59. The molecule has 21 heavy (non-hydrogen) atoms. The summed E-state index contributed by atoms with van der Waals surface area (Å²) in [5, 5.41) is 11.6. The zero-order valence-corrected chi connectivity index (χ0v) is 13.1. The number of anilines is 1. The van der Waals surface area contributed by atoms with Crippen molar-refractivity contribution < 1.29 is 0 Å². The molecule has 0 bridgehead atoms. The average molecular weight is 278 g/mol. The molecule has 1 fully saturated rings. The molecule has 0 spiro atoms. The van der Waals surface area contributed by atoms with Crippen molar-refractivity contribution in [3.8, 4) is 6.07 Å². The molecule has 0 aliphatic carbocycles. The van der Waals surface area contributed by atoms with Gasteiger partial charge in [0.05, 0.1) is 11.6 Å². The first kappa shape index (κ1) is 13.9. The van der Waals surface area contributed by atoms with Gasteiger partial charge in [0.15, 0.2) is 0 Å². The molecular formula is C19H22N2. The van der Waals surface area contributed by atoms with E-state index in [1.165, 1.54) is 23.9 Å². The van der Waals surface area contributed by atoms with E-state index in [4.69, 9.17) is 0 Å². The highest BCUT2D eigenvalue weighted by molar-refractivity contribution is 5.98. The summed E-state index contributed by atoms with van der Waals surface area (Å²) < 4.78 is 0. The van der Waals surface area contributed by atoms with Gasteiger partial charge in [-0.3, -0.25) is 0 Å². The first-order chi connectivity index (χ1) is 10.0. The summed E-state index contributed by atoms with van der Waals surface area (Å²) in [6.45, 7) is 8.07. The maximum atomic E-state index is 9.31. The van der Waals surface area contributed by atoms with Crippen molar-refractivity contribution in [3.63, 3.8) is 0 Å². The lowest BCUT2D eigenvalue weighted by atomic mass is 9.85. The summed E-state index contributed by atoms with van der Waals surface area (Å²) >= 11 is 0. The van der Waals surface area contributed by atoms with Gasteiger partial charge in [0, 0.05) is 29.0 Å². The normalized spacial score (nSPS) is 19.0. The molecule has 1 aliphatic heterocycles. The van der Waals surface area contributed by atoms with Gasteiger partial charge in [0.2, 0.25) is 0 Å². The molecule has 1 saturated heterocycles. The highest BCUT2D eigenvalue weighted by atomic mass is 15.2. The van der Waals surface area contributed by atoms with Crippen LogP contribution < -0.4 is 4.90 Å². The number of nitrogens with zero attached hydrogens (tertiary/aromatic N) is 2. The predicted octanol–water partition coefficient (Wildman–Crippen LogP) is 4.73. The molecule has 108 valence electrons. The van der Waals surface area contributed by atoms with Crippen LogP contribution >= 0.6 is 0 Å². The summed E-state index contributed by atoms with van der Waals surface area (Å²) in [6, 6.07) is 15.2. The molecule has 0 saturated carbocycles. The van der Waals surface area contributed by atoms with Gasteiger partial charge in [-0.05, 0) is 30.4 Å². The summed E-state index contributed by atoms with van der Waals surface area (Å²) in [7, 11) is 0. The van der Waals surface area contributed by atoms with Crippen LogP contribution in [0.1, 0.15) is 39.2 Å². The third-order valence-corrected chi connectivity index (χ3v) is 4.58. The third-order valence-electron chi connectivity index (χ3n) is 4.58. The smallest absolute Gasteiger partial charge is 0.0998 e. The average Bonchev–Trinajstić information content (AvgIpc) is 2.95. The summed E-state index contributed by atoms with van der Waals surface area (Å²) in [4.78, 5) is 2.55. The van der Waals surface area contributed by atoms with Gasteiger partial charge in [-0.15, -0.1) is 0 Å². The quantitative estimate of drug-likeness (QED) is 0.754. The lowest BCUT2D eigenvalue weighted by Gasteiger charge is -2.37. The maximum Gasteiger partial charge on any atom is 0.0998 e. The Labute approximate surface area is 127 Å². The Morgan fingerprint density at radius 1 is 1.10 bits per heavy atom. The van der Waals surface area contributed by atoms with Crippen LogP contribution in [0.3, 0.4) is 0 Å². The molecule has 3 rings (SSSR count). The van der Waals surface area contributed by atoms with E-state index in [0.29, 0.717) is 6.04 Å². The first-order valence-electron chi connectivity index (χ1n) is 7.71. The van der Waals surface area contributed by atoms with Gasteiger partial charge in [0.1, 0.15) is 0 Å². The summed E-state index contributed by atoms with van der Waals surface area (Å²) in [5.41, 5.74) is 2.31. The van der Waals surface area contributed by atoms with Crippen molar-refractivity contribution in [2.24, 2.45) is 5.41 Å². The van der Waals surface area contributed by atoms with Gasteiger partial charge in [0.25, 0.3) is 0 Å². The Kier molecular flexibility index (Phi) is 3.37. The minimum absolute atomic E-state index is 0.269. The van der Waals surface area contributed by atoms with E-state index in [2.05, 4.69) is 56.0 Å². The molecule has 0 amide bonds. The standard InChI is InChI=1S/C19H22N2/c1-19(2,3)18-9-6-12-21(18)17-11-10-14(13-20)15-7-4-5-8-16(15)17/h4-5,7-8,10-11,18H,6,9,12H2,1-3H3. The van der Waals surface area contributed by atoms with Crippen molar-refractivity contribution in [1.82, 2.24) is 0 Å². The molecule has 2 aromatic carbocycles. The Hall–Kier alpha value is -2.01. The highest BCUT2D eigenvalue weighted by Gasteiger charge is 2.34. The van der Waals surface area contributed by atoms with Crippen molar-refractivity contribution in [2.45, 2.75) is 39.7 Å². The van der Waals surface area contributed by atoms with E-state index in [1.807, 2.05) is 12.1 Å². The molecule has 1 aliphatic rings. The van der Waals surface area contributed by atoms with Gasteiger partial charge in [-0.2, -0.15) is 5.26 Å². The first-order valence-corrected chi connectivity index (χ1v) is 7.71. The lowest BCUT2D eigenvalue weighted by molar-refractivity contribution is 0.321. The zero-order chi connectivity index (χ0) is 15.0. The molecular weight excluding hydrogens is 256 g/mol. The minimum Gasteiger partial charge on any atom is -0.368 e. The van der Waals surface area contributed by atoms with Crippen LogP contribution in [0.4, 0.5) is 5.69 Å². The van der Waals surface area contributed by atoms with E-state index >= 15 is 0 Å². The van der Waals surface area contributed by atoms with E-state index in [-0.39, 0.29) is 5.41 Å². The SMILES string of the molecule is CC(C)(C)C1CCCN1c1ccc(C#N)c2ccccc12. The van der Waals surface area contributed by atoms with Crippen molar-refractivity contribution in [3.05, 3.63) is 42.0 Å². The molecule has 1 unspecified atom stereocenters. The number of rotatable bonds is 1. The molecule has 0 aromatic heterocycles. The Morgan fingerprint density at radius 2 is 1.81 bits per heavy atom. The molecule has 2 nitrogen and oxygen atoms in total. The van der Waals surface area contributed by atoms with Crippen molar-refractivity contribution in [1.29, 1.82) is 5.26 Å². The lowest BCUT2D eigenvalue weighted by Crippen LogP contribution is -2.39. The van der Waals surface area contributed by atoms with Crippen molar-refractivity contribution >= 4 is 16.5 Å². The minimum atomic E-state index is 0.269. The Bertz CT molecular complexity index is 704. The van der Waals surface area contributed by atoms with E-state index in [1.54, 1.807) is 0 Å². The third kappa shape index (κ3) is 2.38. The second-order valence-corrected chi connectivity index (χ2v) is 7.01. The summed E-state index contributed by atoms with van der Waals surface area (Å²) in [5.74, 6) is 0. The largest absolute Gasteiger partial charge is 0.368 e. The molecule has 0 N–H and O–H groups in total. The van der Waals surface area contributed by atoms with Crippen LogP contribution in [0.5, 0.6) is 0 Å². The molecule has 2 aromatic rings. The summed E-state index contributed by atoms with van der Waals surface area (Å²) in [6.07, 6.45) is 2.49. The fourth-order valence-electron chi connectivity index (χ4n) is 3.59. The van der Waals surface area contributed by atoms with Gasteiger partial charge >= 0.3 is 0 Å². The van der Waals surface area contributed by atoms with Gasteiger partial charge in [-0.25, -0.2) is 0 Å². The molecule has 1 heterocycles. The van der Waals surface area contributed by atoms with Crippen LogP contribution in [0, 0.1) is 16.7 Å². The second kappa shape index (κ2) is 5.07. The fraction of sp³-hybridized carbons (Fsp3) is 0.421. The topological polar surface area (TPSA) is 27.0 Å². The van der Waals surface area contributed by atoms with E-state index in [0.717, 1.165) is 17.5 Å². The van der Waals surface area contributed by atoms with E-state index < -0.39 is 0 Å². The zero-order valence-electron chi connectivity index (χ0n) is 13.1. The number of fused-ring (bicyclic) bond motifs is 1. The predicted molar refractivity (Wildman–Crippen MR) is 88.5 cm³/mol. The van der Waals surface area contributed by atoms with Gasteiger partial charge < -0.3 is 4.90 Å². The monoisotopic (exact) mass is 278 g/mol. The Balaban J connectivity index is 2.16. The van der Waals surface area contributed by atoms with Crippen LogP contribution in [0.15, 0.2) is 36.4 Å². The number of benzene rings is 2. The molecule has 2 heteroatoms. The van der Waals surface area contributed by atoms with Crippen LogP contribution in [0.2, 0.25) is 0 Å². The van der Waals surface area contributed by atoms with Gasteiger partial charge in [-0.1, -0.05) is 45.0 Å². The van der Waals surface area contributed by atoms with Crippen LogP contribution in [-0.4, -0.2) is 12.6 Å². The second-order valence-electron chi connectivity index (χ2n) is 7.01. The number of nitriles is 1. The Morgan fingerprint density at radius 3 is 2.48 bits per heavy atom. The van der Waals surface area contributed by atoms with Crippen molar-refractivity contribution in [2.75, 3.05) is 11.4 Å². The molecule has 1 atom stereocenters. The van der Waals surface area contributed by atoms with Crippen LogP contribution in [-0.2, 0) is 0 Å². The maximum absolute atomic E-state index is 9.31. The number of hydrogen-bond donors (Lipinski definition) is 0. The highest BCUT2D eigenvalue weighted by Crippen LogP contribution is 2.39.